The third kappa shape index (κ3) is 3.16. The number of aromatic amines is 1. The van der Waals surface area contributed by atoms with Crippen molar-refractivity contribution in [2.24, 2.45) is 0 Å². The van der Waals surface area contributed by atoms with Crippen LogP contribution in [0.25, 0.3) is 16.9 Å². The highest BCUT2D eigenvalue weighted by Gasteiger charge is 2.28. The van der Waals surface area contributed by atoms with Crippen LogP contribution in [0, 0.1) is 19.7 Å². The number of benzene rings is 1. The Morgan fingerprint density at radius 1 is 1.28 bits per heavy atom. The summed E-state index contributed by atoms with van der Waals surface area (Å²) in [5.74, 6) is 0.744. The van der Waals surface area contributed by atoms with Gasteiger partial charge in [0.1, 0.15) is 11.6 Å². The molecule has 3 heterocycles. The van der Waals surface area contributed by atoms with Gasteiger partial charge in [-0.15, -0.1) is 0 Å². The van der Waals surface area contributed by atoms with Crippen LogP contribution in [0.3, 0.4) is 0 Å². The quantitative estimate of drug-likeness (QED) is 0.551. The fraction of sp³-hybridized carbons (Fsp3) is 0.238. The minimum absolute atomic E-state index is 0.254. The first-order chi connectivity index (χ1) is 14.0. The van der Waals surface area contributed by atoms with Gasteiger partial charge < -0.3 is 5.32 Å². The first-order valence-corrected chi connectivity index (χ1v) is 9.48. The molecular formula is C21H19FN6O. The topological polar surface area (TPSA) is 88.0 Å². The molecule has 7 nitrogen and oxygen atoms in total. The van der Waals surface area contributed by atoms with E-state index in [1.54, 1.807) is 17.5 Å². The third-order valence-corrected chi connectivity index (χ3v) is 5.18. The second kappa shape index (κ2) is 6.51. The molecule has 2 N–H and O–H groups in total. The van der Waals surface area contributed by atoms with Crippen LogP contribution in [0.1, 0.15) is 46.1 Å². The largest absolute Gasteiger partial charge is 0.322 e. The number of aryl methyl sites for hydroxylation is 2. The Morgan fingerprint density at radius 2 is 2.10 bits per heavy atom. The summed E-state index contributed by atoms with van der Waals surface area (Å²) in [5.41, 5.74) is 3.58. The van der Waals surface area contributed by atoms with Crippen molar-refractivity contribution in [3.8, 4) is 11.4 Å². The van der Waals surface area contributed by atoms with Crippen molar-refractivity contribution in [1.29, 1.82) is 0 Å². The molecule has 3 aromatic heterocycles. The van der Waals surface area contributed by atoms with Gasteiger partial charge in [0.15, 0.2) is 5.82 Å². The minimum Gasteiger partial charge on any atom is -0.322 e. The van der Waals surface area contributed by atoms with Crippen LogP contribution in [0.4, 0.5) is 10.1 Å². The van der Waals surface area contributed by atoms with Crippen LogP contribution < -0.4 is 5.32 Å². The molecule has 1 saturated carbocycles. The van der Waals surface area contributed by atoms with E-state index >= 15 is 0 Å². The van der Waals surface area contributed by atoms with Gasteiger partial charge in [0, 0.05) is 17.8 Å². The summed E-state index contributed by atoms with van der Waals surface area (Å²) in [4.78, 5) is 17.3. The van der Waals surface area contributed by atoms with Crippen molar-refractivity contribution in [3.63, 3.8) is 0 Å². The standard InChI is InChI=1S/C21H19FN6O/c1-11-3-6-18-15(9-23-28(18)10-11)21(29)24-17-8-14(16(22)7-12(17)2)20-25-19(26-27-20)13-4-5-13/h3,6-10,13H,4-5H2,1-2H3,(H,24,29)(H,25,26,27). The number of aromatic nitrogens is 5. The first kappa shape index (κ1) is 17.5. The van der Waals surface area contributed by atoms with Crippen molar-refractivity contribution < 1.29 is 9.18 Å². The second-order valence-electron chi connectivity index (χ2n) is 7.51. The van der Waals surface area contributed by atoms with Gasteiger partial charge in [0.05, 0.1) is 22.8 Å². The molecule has 1 aromatic carbocycles. The Kier molecular flexibility index (Phi) is 3.94. The number of halogens is 1. The number of amides is 1. The lowest BCUT2D eigenvalue weighted by molar-refractivity contribution is 0.102. The maximum absolute atomic E-state index is 14.6. The van der Waals surface area contributed by atoms with Crippen LogP contribution in [0.5, 0.6) is 0 Å². The highest BCUT2D eigenvalue weighted by Crippen LogP contribution is 2.38. The molecule has 4 aromatic rings. The SMILES string of the molecule is Cc1ccc2c(C(=O)Nc3cc(-c4n[nH]c(C5CC5)n4)c(F)cc3C)cnn2c1. The molecular weight excluding hydrogens is 371 g/mol. The van der Waals surface area contributed by atoms with E-state index in [1.807, 2.05) is 25.3 Å². The average Bonchev–Trinajstić information content (AvgIpc) is 3.27. The molecule has 0 radical (unpaired) electrons. The maximum Gasteiger partial charge on any atom is 0.259 e. The molecule has 1 aliphatic rings. The van der Waals surface area contributed by atoms with Gasteiger partial charge in [-0.3, -0.25) is 9.89 Å². The number of pyridine rings is 1. The molecule has 1 amide bonds. The highest BCUT2D eigenvalue weighted by molar-refractivity contribution is 6.09. The first-order valence-electron chi connectivity index (χ1n) is 9.48. The van der Waals surface area contributed by atoms with Gasteiger partial charge >= 0.3 is 0 Å². The van der Waals surface area contributed by atoms with Crippen LogP contribution in [-0.4, -0.2) is 30.7 Å². The number of nitrogens with zero attached hydrogens (tertiary/aromatic N) is 4. The summed E-state index contributed by atoms with van der Waals surface area (Å²) in [6.07, 6.45) is 5.53. The number of nitrogens with one attached hydrogen (secondary N) is 2. The molecule has 0 unspecified atom stereocenters. The monoisotopic (exact) mass is 390 g/mol. The lowest BCUT2D eigenvalue weighted by Gasteiger charge is -2.10. The molecule has 0 bridgehead atoms. The number of carbonyl (C=O) groups excluding carboxylic acids is 1. The van der Waals surface area contributed by atoms with E-state index in [1.165, 1.54) is 12.3 Å². The Bertz CT molecular complexity index is 1250. The maximum atomic E-state index is 14.6. The third-order valence-electron chi connectivity index (χ3n) is 5.18. The Hall–Kier alpha value is -3.55. The molecule has 5 rings (SSSR count). The summed E-state index contributed by atoms with van der Waals surface area (Å²) < 4.78 is 16.2. The van der Waals surface area contributed by atoms with E-state index in [9.17, 15) is 9.18 Å². The molecule has 29 heavy (non-hydrogen) atoms. The number of rotatable bonds is 4. The normalized spacial score (nSPS) is 13.8. The predicted molar refractivity (Wildman–Crippen MR) is 106 cm³/mol. The molecule has 0 saturated heterocycles. The lowest BCUT2D eigenvalue weighted by atomic mass is 10.1. The molecule has 1 aliphatic carbocycles. The number of anilines is 1. The van der Waals surface area contributed by atoms with E-state index in [0.717, 1.165) is 24.2 Å². The number of H-pyrrole nitrogens is 1. The fourth-order valence-electron chi connectivity index (χ4n) is 3.36. The van der Waals surface area contributed by atoms with Crippen LogP contribution in [0.15, 0.2) is 36.7 Å². The predicted octanol–water partition coefficient (Wildman–Crippen LogP) is 4.01. The molecule has 0 atom stereocenters. The van der Waals surface area contributed by atoms with Gasteiger partial charge in [-0.1, -0.05) is 6.07 Å². The van der Waals surface area contributed by atoms with Gasteiger partial charge in [-0.25, -0.2) is 13.9 Å². The Labute approximate surface area is 166 Å². The molecule has 1 fully saturated rings. The minimum atomic E-state index is -0.423. The Morgan fingerprint density at radius 3 is 2.90 bits per heavy atom. The van der Waals surface area contributed by atoms with Gasteiger partial charge in [0.25, 0.3) is 5.91 Å². The van der Waals surface area contributed by atoms with E-state index in [4.69, 9.17) is 0 Å². The summed E-state index contributed by atoms with van der Waals surface area (Å²) in [6.45, 7) is 3.71. The number of carbonyl (C=O) groups is 1. The number of hydrogen-bond acceptors (Lipinski definition) is 4. The summed E-state index contributed by atoms with van der Waals surface area (Å²) >= 11 is 0. The average molecular weight is 390 g/mol. The van der Waals surface area contributed by atoms with Gasteiger partial charge in [-0.05, 0) is 56.0 Å². The number of fused-ring (bicyclic) bond motifs is 1. The zero-order valence-electron chi connectivity index (χ0n) is 16.0. The second-order valence-corrected chi connectivity index (χ2v) is 7.51. The van der Waals surface area contributed by atoms with Crippen molar-refractivity contribution in [2.75, 3.05) is 5.32 Å². The summed E-state index contributed by atoms with van der Waals surface area (Å²) in [6, 6.07) is 6.75. The number of hydrogen-bond donors (Lipinski definition) is 2. The molecule has 8 heteroatoms. The van der Waals surface area contributed by atoms with Gasteiger partial charge in [0.2, 0.25) is 0 Å². The van der Waals surface area contributed by atoms with Crippen LogP contribution in [0.2, 0.25) is 0 Å². The van der Waals surface area contributed by atoms with Crippen LogP contribution in [-0.2, 0) is 0 Å². The lowest BCUT2D eigenvalue weighted by Crippen LogP contribution is -2.13. The van der Waals surface area contributed by atoms with Crippen LogP contribution >= 0.6 is 0 Å². The van der Waals surface area contributed by atoms with E-state index in [-0.39, 0.29) is 11.5 Å². The highest BCUT2D eigenvalue weighted by atomic mass is 19.1. The molecule has 146 valence electrons. The summed E-state index contributed by atoms with van der Waals surface area (Å²) in [7, 11) is 0. The zero-order valence-corrected chi connectivity index (χ0v) is 16.0. The van der Waals surface area contributed by atoms with E-state index < -0.39 is 5.82 Å². The van der Waals surface area contributed by atoms with Crippen molar-refractivity contribution in [2.45, 2.75) is 32.6 Å². The Balaban J connectivity index is 1.47. The summed E-state index contributed by atoms with van der Waals surface area (Å²) in [5, 5.41) is 14.2. The van der Waals surface area contributed by atoms with E-state index in [0.29, 0.717) is 34.1 Å². The van der Waals surface area contributed by atoms with Crippen molar-refractivity contribution in [1.82, 2.24) is 24.8 Å². The van der Waals surface area contributed by atoms with E-state index in [2.05, 4.69) is 25.6 Å². The molecule has 0 spiro atoms. The molecule has 0 aliphatic heterocycles. The van der Waals surface area contributed by atoms with Crippen molar-refractivity contribution >= 4 is 17.1 Å². The fourth-order valence-corrected chi connectivity index (χ4v) is 3.36. The van der Waals surface area contributed by atoms with Crippen molar-refractivity contribution in [3.05, 3.63) is 65.0 Å². The smallest absolute Gasteiger partial charge is 0.259 e. The zero-order chi connectivity index (χ0) is 20.1. The van der Waals surface area contributed by atoms with Gasteiger partial charge in [-0.2, -0.15) is 10.2 Å².